The Bertz CT molecular complexity index is 1120. The smallest absolute Gasteiger partial charge is 0.308 e. The number of amides is 2. The van der Waals surface area contributed by atoms with Gasteiger partial charge in [-0.25, -0.2) is 4.79 Å². The first-order valence-electron chi connectivity index (χ1n) is 9.29. The maximum Gasteiger partial charge on any atom is 0.323 e. The van der Waals surface area contributed by atoms with Crippen molar-refractivity contribution in [1.29, 1.82) is 0 Å². The highest BCUT2D eigenvalue weighted by Crippen LogP contribution is 2.27. The van der Waals surface area contributed by atoms with Crippen molar-refractivity contribution in [2.75, 3.05) is 10.6 Å². The molecule has 2 N–H and O–H groups in total. The Hall–Kier alpha value is -3.99. The molecule has 0 unspecified atom stereocenters. The Morgan fingerprint density at radius 3 is 2.38 bits per heavy atom. The summed E-state index contributed by atoms with van der Waals surface area (Å²) in [6.45, 7) is 1.97. The predicted octanol–water partition coefficient (Wildman–Crippen LogP) is 5.76. The maximum atomic E-state index is 12.5. The minimum atomic E-state index is -0.297. The van der Waals surface area contributed by atoms with Gasteiger partial charge in [-0.15, -0.1) is 0 Å². The van der Waals surface area contributed by atoms with E-state index in [1.54, 1.807) is 18.6 Å². The Labute approximate surface area is 169 Å². The van der Waals surface area contributed by atoms with Crippen molar-refractivity contribution in [3.8, 4) is 22.3 Å². The molecule has 5 nitrogen and oxygen atoms in total. The third kappa shape index (κ3) is 4.47. The van der Waals surface area contributed by atoms with E-state index in [0.29, 0.717) is 0 Å². The van der Waals surface area contributed by atoms with Gasteiger partial charge >= 0.3 is 6.03 Å². The van der Waals surface area contributed by atoms with E-state index in [9.17, 15) is 4.79 Å². The third-order valence-corrected chi connectivity index (χ3v) is 4.52. The van der Waals surface area contributed by atoms with Crippen LogP contribution in [0.5, 0.6) is 0 Å². The zero-order valence-corrected chi connectivity index (χ0v) is 16.0. The molecule has 0 bridgehead atoms. The number of hydrogen-bond acceptors (Lipinski definition) is 3. The molecule has 0 saturated carbocycles. The third-order valence-electron chi connectivity index (χ3n) is 4.52. The number of nitrogens with one attached hydrogen (secondary N) is 2. The van der Waals surface area contributed by atoms with Gasteiger partial charge in [-0.2, -0.15) is 0 Å². The average molecular weight is 380 g/mol. The largest absolute Gasteiger partial charge is 0.323 e. The zero-order chi connectivity index (χ0) is 20.1. The fourth-order valence-electron chi connectivity index (χ4n) is 3.12. The number of pyridine rings is 2. The van der Waals surface area contributed by atoms with Gasteiger partial charge in [0.2, 0.25) is 0 Å². The second kappa shape index (κ2) is 8.35. The van der Waals surface area contributed by atoms with Gasteiger partial charge in [0.1, 0.15) is 0 Å². The van der Waals surface area contributed by atoms with E-state index in [1.807, 2.05) is 79.7 Å². The summed E-state index contributed by atoms with van der Waals surface area (Å²) < 4.78 is 0. The summed E-state index contributed by atoms with van der Waals surface area (Å²) in [5, 5.41) is 5.81. The molecule has 0 radical (unpaired) electrons. The highest BCUT2D eigenvalue weighted by molar-refractivity contribution is 6.02. The molecule has 2 amide bonds. The minimum absolute atomic E-state index is 0.297. The number of urea groups is 1. The summed E-state index contributed by atoms with van der Waals surface area (Å²) in [4.78, 5) is 20.9. The van der Waals surface area contributed by atoms with E-state index in [1.165, 1.54) is 0 Å². The van der Waals surface area contributed by atoms with Crippen LogP contribution in [0.15, 0.2) is 91.4 Å². The molecular weight excluding hydrogens is 360 g/mol. The van der Waals surface area contributed by atoms with Crippen LogP contribution in [0, 0.1) is 6.92 Å². The molecule has 2 aromatic carbocycles. The van der Waals surface area contributed by atoms with Crippen LogP contribution in [0.2, 0.25) is 0 Å². The highest BCUT2D eigenvalue weighted by atomic mass is 16.2. The number of nitrogens with zero attached hydrogens (tertiary/aromatic N) is 2. The molecule has 0 atom stereocenters. The second-order valence-corrected chi connectivity index (χ2v) is 6.63. The van der Waals surface area contributed by atoms with E-state index in [2.05, 4.69) is 20.6 Å². The van der Waals surface area contributed by atoms with E-state index < -0.39 is 0 Å². The molecule has 0 aliphatic rings. The SMILES string of the molecule is Cc1cc(-c2ccc(NC(=O)Nc3ccccc3-c3cccnc3)cc2)ccn1. The first-order valence-corrected chi connectivity index (χ1v) is 9.29. The first-order chi connectivity index (χ1) is 14.2. The van der Waals surface area contributed by atoms with E-state index in [-0.39, 0.29) is 6.03 Å². The Kier molecular flexibility index (Phi) is 5.29. The summed E-state index contributed by atoms with van der Waals surface area (Å²) in [5.74, 6) is 0. The van der Waals surface area contributed by atoms with Gasteiger partial charge in [-0.3, -0.25) is 9.97 Å². The van der Waals surface area contributed by atoms with E-state index in [0.717, 1.165) is 39.3 Å². The number of para-hydroxylation sites is 1. The summed E-state index contributed by atoms with van der Waals surface area (Å²) >= 11 is 0. The maximum absolute atomic E-state index is 12.5. The van der Waals surface area contributed by atoms with Crippen molar-refractivity contribution in [2.45, 2.75) is 6.92 Å². The number of anilines is 2. The van der Waals surface area contributed by atoms with Gasteiger partial charge < -0.3 is 10.6 Å². The second-order valence-electron chi connectivity index (χ2n) is 6.63. The molecule has 4 rings (SSSR count). The molecule has 0 spiro atoms. The summed E-state index contributed by atoms with van der Waals surface area (Å²) in [7, 11) is 0. The van der Waals surface area contributed by atoms with Gasteiger partial charge in [-0.1, -0.05) is 36.4 Å². The summed E-state index contributed by atoms with van der Waals surface area (Å²) in [5.41, 5.74) is 6.44. The van der Waals surface area contributed by atoms with Crippen LogP contribution >= 0.6 is 0 Å². The van der Waals surface area contributed by atoms with E-state index in [4.69, 9.17) is 0 Å². The topological polar surface area (TPSA) is 66.9 Å². The van der Waals surface area contributed by atoms with Crippen LogP contribution in [0.1, 0.15) is 5.69 Å². The molecule has 2 aromatic heterocycles. The molecule has 142 valence electrons. The molecule has 0 saturated heterocycles. The predicted molar refractivity (Wildman–Crippen MR) is 117 cm³/mol. The van der Waals surface area contributed by atoms with Gasteiger partial charge in [0.25, 0.3) is 0 Å². The molecule has 0 aliphatic heterocycles. The number of aromatic nitrogens is 2. The summed E-state index contributed by atoms with van der Waals surface area (Å²) in [6.07, 6.45) is 5.30. The lowest BCUT2D eigenvalue weighted by Crippen LogP contribution is -2.19. The van der Waals surface area contributed by atoms with Crippen molar-refractivity contribution in [3.63, 3.8) is 0 Å². The molecule has 0 fully saturated rings. The molecule has 4 aromatic rings. The van der Waals surface area contributed by atoms with Crippen LogP contribution in [0.4, 0.5) is 16.2 Å². The van der Waals surface area contributed by atoms with Crippen molar-refractivity contribution in [1.82, 2.24) is 9.97 Å². The number of aryl methyl sites for hydroxylation is 1. The van der Waals surface area contributed by atoms with Crippen molar-refractivity contribution in [3.05, 3.63) is 97.1 Å². The van der Waals surface area contributed by atoms with E-state index >= 15 is 0 Å². The lowest BCUT2D eigenvalue weighted by atomic mass is 10.1. The van der Waals surface area contributed by atoms with Crippen LogP contribution in [0.3, 0.4) is 0 Å². The van der Waals surface area contributed by atoms with Gasteiger partial charge in [0.05, 0.1) is 5.69 Å². The normalized spacial score (nSPS) is 10.4. The standard InChI is InChI=1S/C24H20N4O/c1-17-15-19(12-14-26-17)18-8-10-21(11-9-18)27-24(29)28-23-7-3-2-6-22(23)20-5-4-13-25-16-20/h2-16H,1H3,(H2,27,28,29). The molecule has 5 heteroatoms. The van der Waals surface area contributed by atoms with Crippen molar-refractivity contribution in [2.24, 2.45) is 0 Å². The number of rotatable bonds is 4. The number of carbonyl (C=O) groups is 1. The van der Waals surface area contributed by atoms with Gasteiger partial charge in [0.15, 0.2) is 0 Å². The lowest BCUT2D eigenvalue weighted by Gasteiger charge is -2.12. The minimum Gasteiger partial charge on any atom is -0.308 e. The summed E-state index contributed by atoms with van der Waals surface area (Å²) in [6, 6.07) is 22.9. The van der Waals surface area contributed by atoms with Gasteiger partial charge in [-0.05, 0) is 54.4 Å². The number of hydrogen-bond donors (Lipinski definition) is 2. The Balaban J connectivity index is 1.47. The molecular formula is C24H20N4O. The first kappa shape index (κ1) is 18.4. The van der Waals surface area contributed by atoms with Crippen LogP contribution in [-0.2, 0) is 0 Å². The lowest BCUT2D eigenvalue weighted by molar-refractivity contribution is 0.262. The fourth-order valence-corrected chi connectivity index (χ4v) is 3.12. The molecule has 2 heterocycles. The Morgan fingerprint density at radius 2 is 1.62 bits per heavy atom. The highest BCUT2D eigenvalue weighted by Gasteiger charge is 2.09. The Morgan fingerprint density at radius 1 is 0.793 bits per heavy atom. The number of carbonyl (C=O) groups excluding carboxylic acids is 1. The number of benzene rings is 2. The van der Waals surface area contributed by atoms with Crippen molar-refractivity contribution >= 4 is 17.4 Å². The average Bonchev–Trinajstić information content (AvgIpc) is 2.75. The van der Waals surface area contributed by atoms with Crippen LogP contribution in [-0.4, -0.2) is 16.0 Å². The van der Waals surface area contributed by atoms with Gasteiger partial charge in [0, 0.05) is 41.1 Å². The van der Waals surface area contributed by atoms with Crippen LogP contribution < -0.4 is 10.6 Å². The quantitative estimate of drug-likeness (QED) is 0.473. The van der Waals surface area contributed by atoms with Crippen LogP contribution in [0.25, 0.3) is 22.3 Å². The molecule has 29 heavy (non-hydrogen) atoms. The molecule has 0 aliphatic carbocycles. The van der Waals surface area contributed by atoms with Crippen molar-refractivity contribution < 1.29 is 4.79 Å². The zero-order valence-electron chi connectivity index (χ0n) is 16.0. The monoisotopic (exact) mass is 380 g/mol. The fraction of sp³-hybridized carbons (Fsp3) is 0.0417.